The summed E-state index contributed by atoms with van der Waals surface area (Å²) in [4.78, 5) is 16.9. The number of hydrazine groups is 1. The van der Waals surface area contributed by atoms with Crippen molar-refractivity contribution in [2.75, 3.05) is 18.5 Å². The lowest BCUT2D eigenvalue weighted by Crippen LogP contribution is -2.32. The Bertz CT molecular complexity index is 470. The normalized spacial score (nSPS) is 8.88. The molecule has 0 saturated carbocycles. The zero-order valence-electron chi connectivity index (χ0n) is 8.92. The number of pyridine rings is 1. The Morgan fingerprint density at radius 2 is 2.06 bits per heavy atom. The summed E-state index contributed by atoms with van der Waals surface area (Å²) < 4.78 is 0. The predicted molar refractivity (Wildman–Crippen MR) is 59.2 cm³/mol. The summed E-state index contributed by atoms with van der Waals surface area (Å²) in [5.41, 5.74) is 2.44. The zero-order chi connectivity index (χ0) is 12.7. The first-order chi connectivity index (χ1) is 8.22. The molecular weight excluding hydrogens is 220 g/mol. The Morgan fingerprint density at radius 3 is 2.59 bits per heavy atom. The number of nitrogens with zero attached hydrogens (tertiary/aromatic N) is 4. The molecule has 1 heterocycles. The Kier molecular flexibility index (Phi) is 4.43. The van der Waals surface area contributed by atoms with Crippen LogP contribution in [0.3, 0.4) is 0 Å². The van der Waals surface area contributed by atoms with Gasteiger partial charge in [-0.3, -0.25) is 4.79 Å². The largest absolute Gasteiger partial charge is 0.311 e. The van der Waals surface area contributed by atoms with Gasteiger partial charge in [-0.1, -0.05) is 6.07 Å². The van der Waals surface area contributed by atoms with Gasteiger partial charge in [0.1, 0.15) is 24.6 Å². The van der Waals surface area contributed by atoms with E-state index in [-0.39, 0.29) is 18.8 Å². The van der Waals surface area contributed by atoms with Gasteiger partial charge in [-0.15, -0.1) is 0 Å². The number of carbonyl (C=O) groups excluding carboxylic acids is 1. The second-order valence-electron chi connectivity index (χ2n) is 3.03. The molecule has 0 atom stereocenters. The SMILES string of the molecule is N#CCN(CC#N)C(=O)c1cccc(NN)n1. The molecule has 0 aliphatic rings. The number of amides is 1. The average molecular weight is 230 g/mol. The van der Waals surface area contributed by atoms with Crippen LogP contribution in [-0.4, -0.2) is 28.9 Å². The van der Waals surface area contributed by atoms with Crippen LogP contribution >= 0.6 is 0 Å². The summed E-state index contributed by atoms with van der Waals surface area (Å²) in [5, 5.41) is 17.1. The van der Waals surface area contributed by atoms with E-state index in [9.17, 15) is 4.79 Å². The molecule has 3 N–H and O–H groups in total. The number of hydrogen-bond acceptors (Lipinski definition) is 6. The molecule has 0 radical (unpaired) electrons. The van der Waals surface area contributed by atoms with Crippen molar-refractivity contribution in [1.82, 2.24) is 9.88 Å². The second kappa shape index (κ2) is 6.05. The van der Waals surface area contributed by atoms with Gasteiger partial charge in [0.2, 0.25) is 0 Å². The summed E-state index contributed by atoms with van der Waals surface area (Å²) >= 11 is 0. The molecule has 0 aromatic carbocycles. The van der Waals surface area contributed by atoms with E-state index < -0.39 is 5.91 Å². The Labute approximate surface area is 98.0 Å². The highest BCUT2D eigenvalue weighted by Gasteiger charge is 2.16. The quantitative estimate of drug-likeness (QED) is 0.422. The molecule has 0 spiro atoms. The van der Waals surface area contributed by atoms with E-state index >= 15 is 0 Å². The molecule has 1 aromatic heterocycles. The number of hydrogen-bond donors (Lipinski definition) is 2. The molecule has 1 aromatic rings. The summed E-state index contributed by atoms with van der Waals surface area (Å²) in [6.45, 7) is -0.317. The maximum Gasteiger partial charge on any atom is 0.274 e. The van der Waals surface area contributed by atoms with Gasteiger partial charge in [0.15, 0.2) is 0 Å². The van der Waals surface area contributed by atoms with Crippen LogP contribution < -0.4 is 11.3 Å². The molecule has 0 saturated heterocycles. The molecule has 17 heavy (non-hydrogen) atoms. The van der Waals surface area contributed by atoms with Gasteiger partial charge in [0.25, 0.3) is 5.91 Å². The first-order valence-electron chi connectivity index (χ1n) is 4.69. The first-order valence-corrected chi connectivity index (χ1v) is 4.69. The fourth-order valence-corrected chi connectivity index (χ4v) is 1.17. The van der Waals surface area contributed by atoms with Crippen LogP contribution in [0.25, 0.3) is 0 Å². The van der Waals surface area contributed by atoms with Gasteiger partial charge in [-0.05, 0) is 12.1 Å². The molecule has 0 bridgehead atoms. The third kappa shape index (κ3) is 3.16. The summed E-state index contributed by atoms with van der Waals surface area (Å²) in [7, 11) is 0. The van der Waals surface area contributed by atoms with E-state index in [1.54, 1.807) is 12.1 Å². The van der Waals surface area contributed by atoms with Crippen LogP contribution in [0, 0.1) is 22.7 Å². The summed E-state index contributed by atoms with van der Waals surface area (Å²) in [6, 6.07) is 8.32. The average Bonchev–Trinajstić information content (AvgIpc) is 2.38. The highest BCUT2D eigenvalue weighted by atomic mass is 16.2. The van der Waals surface area contributed by atoms with E-state index in [2.05, 4.69) is 10.4 Å². The lowest BCUT2D eigenvalue weighted by molar-refractivity contribution is 0.0789. The maximum atomic E-state index is 11.9. The standard InChI is InChI=1S/C10H10N6O/c11-4-6-16(7-5-12)10(17)8-2-1-3-9(14-8)15-13/h1-3H,6-7,13H2,(H,14,15). The minimum absolute atomic E-state index is 0.131. The highest BCUT2D eigenvalue weighted by Crippen LogP contribution is 2.06. The number of rotatable bonds is 4. The van der Waals surface area contributed by atoms with E-state index in [0.717, 1.165) is 4.90 Å². The molecule has 1 rings (SSSR count). The van der Waals surface area contributed by atoms with Crippen LogP contribution in [0.15, 0.2) is 18.2 Å². The number of nitrogens with one attached hydrogen (secondary N) is 1. The van der Waals surface area contributed by atoms with Gasteiger partial charge in [-0.25, -0.2) is 10.8 Å². The molecule has 0 aliphatic carbocycles. The molecule has 86 valence electrons. The van der Waals surface area contributed by atoms with Crippen molar-refractivity contribution in [3.8, 4) is 12.1 Å². The smallest absolute Gasteiger partial charge is 0.274 e. The molecular formula is C10H10N6O. The predicted octanol–water partition coefficient (Wildman–Crippen LogP) is -0.143. The summed E-state index contributed by atoms with van der Waals surface area (Å²) in [6.07, 6.45) is 0. The summed E-state index contributed by atoms with van der Waals surface area (Å²) in [5.74, 6) is 5.03. The van der Waals surface area contributed by atoms with E-state index in [4.69, 9.17) is 16.4 Å². The monoisotopic (exact) mass is 230 g/mol. The van der Waals surface area contributed by atoms with E-state index in [1.807, 2.05) is 12.1 Å². The fraction of sp³-hybridized carbons (Fsp3) is 0.200. The van der Waals surface area contributed by atoms with Crippen molar-refractivity contribution in [1.29, 1.82) is 10.5 Å². The number of nitrogens with two attached hydrogens (primary N) is 1. The van der Waals surface area contributed by atoms with Gasteiger partial charge in [-0.2, -0.15) is 10.5 Å². The minimum atomic E-state index is -0.481. The van der Waals surface area contributed by atoms with Gasteiger partial charge < -0.3 is 10.3 Å². The number of nitriles is 2. The van der Waals surface area contributed by atoms with Crippen molar-refractivity contribution in [2.45, 2.75) is 0 Å². The van der Waals surface area contributed by atoms with Gasteiger partial charge >= 0.3 is 0 Å². The first kappa shape index (κ1) is 12.4. The van der Waals surface area contributed by atoms with E-state index in [0.29, 0.717) is 5.82 Å². The third-order valence-electron chi connectivity index (χ3n) is 1.93. The van der Waals surface area contributed by atoms with Crippen LogP contribution in [0.2, 0.25) is 0 Å². The lowest BCUT2D eigenvalue weighted by atomic mass is 10.3. The Morgan fingerprint density at radius 1 is 1.41 bits per heavy atom. The van der Waals surface area contributed by atoms with Crippen LogP contribution in [0.5, 0.6) is 0 Å². The fourth-order valence-electron chi connectivity index (χ4n) is 1.17. The molecule has 0 fully saturated rings. The van der Waals surface area contributed by atoms with Crippen molar-refractivity contribution >= 4 is 11.7 Å². The van der Waals surface area contributed by atoms with Crippen molar-refractivity contribution in [2.24, 2.45) is 5.84 Å². The van der Waals surface area contributed by atoms with E-state index in [1.165, 1.54) is 6.07 Å². The van der Waals surface area contributed by atoms with Crippen molar-refractivity contribution in [3.63, 3.8) is 0 Å². The van der Waals surface area contributed by atoms with Gasteiger partial charge in [0, 0.05) is 0 Å². The van der Waals surface area contributed by atoms with Gasteiger partial charge in [0.05, 0.1) is 12.1 Å². The Balaban J connectivity index is 2.93. The second-order valence-corrected chi connectivity index (χ2v) is 3.03. The van der Waals surface area contributed by atoms with Crippen LogP contribution in [-0.2, 0) is 0 Å². The van der Waals surface area contributed by atoms with Crippen LogP contribution in [0.4, 0.5) is 5.82 Å². The van der Waals surface area contributed by atoms with Crippen LogP contribution in [0.1, 0.15) is 10.5 Å². The molecule has 0 unspecified atom stereocenters. The van der Waals surface area contributed by atoms with Crippen molar-refractivity contribution in [3.05, 3.63) is 23.9 Å². The lowest BCUT2D eigenvalue weighted by Gasteiger charge is -2.15. The molecule has 7 heteroatoms. The van der Waals surface area contributed by atoms with Crippen molar-refractivity contribution < 1.29 is 4.79 Å². The molecule has 0 aliphatic heterocycles. The number of aromatic nitrogens is 1. The minimum Gasteiger partial charge on any atom is -0.311 e. The number of carbonyl (C=O) groups is 1. The zero-order valence-corrected chi connectivity index (χ0v) is 8.92. The number of anilines is 1. The topological polar surface area (TPSA) is 119 Å². The molecule has 1 amide bonds. The maximum absolute atomic E-state index is 11.9. The number of nitrogen functional groups attached to an aromatic ring is 1. The third-order valence-corrected chi connectivity index (χ3v) is 1.93. The molecule has 7 nitrogen and oxygen atoms in total. The highest BCUT2D eigenvalue weighted by molar-refractivity contribution is 5.93. The Hall–Kier alpha value is -2.64.